The number of H-pyrrole nitrogens is 1. The summed E-state index contributed by atoms with van der Waals surface area (Å²) in [5, 5.41) is 6.76. The molecule has 0 bridgehead atoms. The van der Waals surface area contributed by atoms with Gasteiger partial charge in [-0.05, 0) is 30.2 Å². The van der Waals surface area contributed by atoms with Crippen LogP contribution in [-0.2, 0) is 11.2 Å². The standard InChI is InChI=1S/C19H18N4O4/c1-2-12-6-5-7-13(10-12)27-11-16(24)20-23-19(26)17-14-8-3-4-9-15(14)18(25)22-21-17/h3-10H,2,11H2,1H3,(H,20,24)(H,22,25)(H,23,26). The van der Waals surface area contributed by atoms with Crippen LogP contribution < -0.4 is 21.1 Å². The number of hydrazine groups is 1. The van der Waals surface area contributed by atoms with Crippen molar-refractivity contribution in [3.63, 3.8) is 0 Å². The van der Waals surface area contributed by atoms with Gasteiger partial charge >= 0.3 is 0 Å². The maximum atomic E-state index is 12.3. The van der Waals surface area contributed by atoms with Crippen LogP contribution in [0.5, 0.6) is 5.75 Å². The first-order chi connectivity index (χ1) is 13.1. The highest BCUT2D eigenvalue weighted by molar-refractivity contribution is 6.05. The Hall–Kier alpha value is -3.68. The molecule has 0 aliphatic heterocycles. The third kappa shape index (κ3) is 4.30. The van der Waals surface area contributed by atoms with Crippen LogP contribution in [0.2, 0.25) is 0 Å². The summed E-state index contributed by atoms with van der Waals surface area (Å²) >= 11 is 0. The number of benzene rings is 2. The SMILES string of the molecule is CCc1cccc(OCC(=O)NNC(=O)c2n[nH]c(=O)c3ccccc23)c1. The quantitative estimate of drug-likeness (QED) is 0.590. The van der Waals surface area contributed by atoms with E-state index in [1.165, 1.54) is 0 Å². The fraction of sp³-hybridized carbons (Fsp3) is 0.158. The molecule has 27 heavy (non-hydrogen) atoms. The average molecular weight is 366 g/mol. The van der Waals surface area contributed by atoms with Crippen molar-refractivity contribution in [1.29, 1.82) is 0 Å². The highest BCUT2D eigenvalue weighted by atomic mass is 16.5. The molecule has 0 saturated heterocycles. The van der Waals surface area contributed by atoms with Gasteiger partial charge in [-0.15, -0.1) is 0 Å². The Morgan fingerprint density at radius 3 is 2.63 bits per heavy atom. The van der Waals surface area contributed by atoms with Gasteiger partial charge in [0, 0.05) is 5.39 Å². The summed E-state index contributed by atoms with van der Waals surface area (Å²) in [6.07, 6.45) is 0.861. The lowest BCUT2D eigenvalue weighted by Gasteiger charge is -2.10. The Kier molecular flexibility index (Phi) is 5.46. The zero-order chi connectivity index (χ0) is 19.2. The highest BCUT2D eigenvalue weighted by Crippen LogP contribution is 2.13. The molecule has 0 fully saturated rings. The van der Waals surface area contributed by atoms with Crippen molar-refractivity contribution in [1.82, 2.24) is 21.0 Å². The Labute approximate surface area is 154 Å². The molecule has 0 saturated carbocycles. The molecule has 1 aromatic heterocycles. The lowest BCUT2D eigenvalue weighted by atomic mass is 10.1. The number of aryl methyl sites for hydroxylation is 1. The third-order valence-corrected chi connectivity index (χ3v) is 3.90. The zero-order valence-electron chi connectivity index (χ0n) is 14.6. The minimum absolute atomic E-state index is 0.00191. The molecule has 2 amide bonds. The lowest BCUT2D eigenvalue weighted by molar-refractivity contribution is -0.123. The van der Waals surface area contributed by atoms with Crippen LogP contribution in [0.3, 0.4) is 0 Å². The average Bonchev–Trinajstić information content (AvgIpc) is 2.71. The highest BCUT2D eigenvalue weighted by Gasteiger charge is 2.14. The largest absolute Gasteiger partial charge is 0.484 e. The number of nitrogens with zero attached hydrogens (tertiary/aromatic N) is 1. The molecule has 138 valence electrons. The second-order valence-corrected chi connectivity index (χ2v) is 5.74. The Bertz CT molecular complexity index is 1050. The van der Waals surface area contributed by atoms with Gasteiger partial charge in [0.2, 0.25) is 0 Å². The number of amides is 2. The van der Waals surface area contributed by atoms with Crippen LogP contribution >= 0.6 is 0 Å². The van der Waals surface area contributed by atoms with Gasteiger partial charge in [-0.1, -0.05) is 37.3 Å². The summed E-state index contributed by atoms with van der Waals surface area (Å²) in [5.74, 6) is -0.605. The van der Waals surface area contributed by atoms with Gasteiger partial charge in [0.1, 0.15) is 5.75 Å². The minimum Gasteiger partial charge on any atom is -0.484 e. The maximum absolute atomic E-state index is 12.3. The topological polar surface area (TPSA) is 113 Å². The smallest absolute Gasteiger partial charge is 0.290 e. The van der Waals surface area contributed by atoms with E-state index in [9.17, 15) is 14.4 Å². The fourth-order valence-corrected chi connectivity index (χ4v) is 2.51. The van der Waals surface area contributed by atoms with Crippen molar-refractivity contribution in [2.24, 2.45) is 0 Å². The van der Waals surface area contributed by atoms with E-state index < -0.39 is 17.4 Å². The molecular weight excluding hydrogens is 348 g/mol. The van der Waals surface area contributed by atoms with E-state index in [1.807, 2.05) is 25.1 Å². The molecule has 8 nitrogen and oxygen atoms in total. The van der Waals surface area contributed by atoms with E-state index >= 15 is 0 Å². The number of aromatic amines is 1. The second-order valence-electron chi connectivity index (χ2n) is 5.74. The van der Waals surface area contributed by atoms with Crippen molar-refractivity contribution >= 4 is 22.6 Å². The molecule has 0 radical (unpaired) electrons. The van der Waals surface area contributed by atoms with E-state index in [1.54, 1.807) is 30.3 Å². The summed E-state index contributed by atoms with van der Waals surface area (Å²) in [6, 6.07) is 14.0. The molecule has 3 N–H and O–H groups in total. The van der Waals surface area contributed by atoms with Gasteiger partial charge in [0.25, 0.3) is 17.4 Å². The molecule has 0 aliphatic carbocycles. The lowest BCUT2D eigenvalue weighted by Crippen LogP contribution is -2.44. The van der Waals surface area contributed by atoms with Crippen molar-refractivity contribution in [2.45, 2.75) is 13.3 Å². The van der Waals surface area contributed by atoms with Crippen LogP contribution in [0.15, 0.2) is 53.3 Å². The first-order valence-electron chi connectivity index (χ1n) is 8.37. The summed E-state index contributed by atoms with van der Waals surface area (Å²) in [6.45, 7) is 1.77. The first kappa shape index (κ1) is 18.1. The van der Waals surface area contributed by atoms with Crippen molar-refractivity contribution in [2.75, 3.05) is 6.61 Å². The van der Waals surface area contributed by atoms with Crippen molar-refractivity contribution < 1.29 is 14.3 Å². The number of ether oxygens (including phenoxy) is 1. The number of rotatable bonds is 5. The number of fused-ring (bicyclic) bond motifs is 1. The maximum Gasteiger partial charge on any atom is 0.290 e. The monoisotopic (exact) mass is 366 g/mol. The van der Waals surface area contributed by atoms with E-state index in [0.29, 0.717) is 16.5 Å². The summed E-state index contributed by atoms with van der Waals surface area (Å²) in [7, 11) is 0. The summed E-state index contributed by atoms with van der Waals surface area (Å²) < 4.78 is 5.41. The van der Waals surface area contributed by atoms with Crippen LogP contribution in [0.1, 0.15) is 23.0 Å². The van der Waals surface area contributed by atoms with Crippen LogP contribution in [0.4, 0.5) is 0 Å². The van der Waals surface area contributed by atoms with Gasteiger partial charge in [-0.3, -0.25) is 25.2 Å². The Morgan fingerprint density at radius 1 is 1.07 bits per heavy atom. The molecule has 3 rings (SSSR count). The van der Waals surface area contributed by atoms with Gasteiger partial charge < -0.3 is 4.74 Å². The molecule has 3 aromatic rings. The predicted octanol–water partition coefficient (Wildman–Crippen LogP) is 1.33. The van der Waals surface area contributed by atoms with Crippen LogP contribution in [0.25, 0.3) is 10.8 Å². The van der Waals surface area contributed by atoms with Gasteiger partial charge in [-0.2, -0.15) is 5.10 Å². The van der Waals surface area contributed by atoms with E-state index in [-0.39, 0.29) is 12.3 Å². The van der Waals surface area contributed by atoms with Gasteiger partial charge in [0.15, 0.2) is 12.3 Å². The molecule has 2 aromatic carbocycles. The third-order valence-electron chi connectivity index (χ3n) is 3.90. The normalized spacial score (nSPS) is 10.4. The van der Waals surface area contributed by atoms with E-state index in [2.05, 4.69) is 21.0 Å². The van der Waals surface area contributed by atoms with Crippen LogP contribution in [0, 0.1) is 0 Å². The molecule has 1 heterocycles. The summed E-state index contributed by atoms with van der Waals surface area (Å²) in [5.41, 5.74) is 5.23. The minimum atomic E-state index is -0.649. The molecular formula is C19H18N4O4. The number of nitrogens with one attached hydrogen (secondary N) is 3. The first-order valence-corrected chi connectivity index (χ1v) is 8.37. The number of hydrogen-bond donors (Lipinski definition) is 3. The molecule has 8 heteroatoms. The Morgan fingerprint density at radius 2 is 1.85 bits per heavy atom. The molecule has 0 atom stereocenters. The number of carbonyl (C=O) groups excluding carboxylic acids is 2. The summed E-state index contributed by atoms with van der Waals surface area (Å²) in [4.78, 5) is 35.9. The molecule has 0 unspecified atom stereocenters. The number of aromatic nitrogens is 2. The van der Waals surface area contributed by atoms with E-state index in [0.717, 1.165) is 12.0 Å². The van der Waals surface area contributed by atoms with Gasteiger partial charge in [-0.25, -0.2) is 5.10 Å². The van der Waals surface area contributed by atoms with Crippen LogP contribution in [-0.4, -0.2) is 28.6 Å². The Balaban J connectivity index is 1.60. The van der Waals surface area contributed by atoms with Gasteiger partial charge in [0.05, 0.1) is 5.39 Å². The number of carbonyl (C=O) groups is 2. The van der Waals surface area contributed by atoms with E-state index in [4.69, 9.17) is 4.74 Å². The van der Waals surface area contributed by atoms with Crippen molar-refractivity contribution in [3.8, 4) is 5.75 Å². The zero-order valence-corrected chi connectivity index (χ0v) is 14.6. The second kappa shape index (κ2) is 8.13. The fourth-order valence-electron chi connectivity index (χ4n) is 2.51. The molecule has 0 aliphatic rings. The molecule has 0 spiro atoms. The van der Waals surface area contributed by atoms with Crippen molar-refractivity contribution in [3.05, 3.63) is 70.1 Å². The predicted molar refractivity (Wildman–Crippen MR) is 99.3 cm³/mol. The number of hydrogen-bond acceptors (Lipinski definition) is 5.